The highest BCUT2D eigenvalue weighted by molar-refractivity contribution is 14.0. The van der Waals surface area contributed by atoms with Crippen molar-refractivity contribution in [2.24, 2.45) is 4.99 Å². The maximum atomic E-state index is 5.22. The molecule has 0 aromatic heterocycles. The van der Waals surface area contributed by atoms with Crippen molar-refractivity contribution in [2.75, 3.05) is 32.7 Å². The van der Waals surface area contributed by atoms with Gasteiger partial charge < -0.3 is 10.6 Å². The largest absolute Gasteiger partial charge is 0.357 e. The molecule has 18 heavy (non-hydrogen) atoms. The lowest BCUT2D eigenvalue weighted by Crippen LogP contribution is -2.40. The zero-order valence-corrected chi connectivity index (χ0v) is 14.3. The Morgan fingerprint density at radius 2 is 1.89 bits per heavy atom. The Labute approximate surface area is 129 Å². The molecule has 0 saturated carbocycles. The Hall–Kier alpha value is -0.480. The van der Waals surface area contributed by atoms with E-state index in [9.17, 15) is 0 Å². The van der Waals surface area contributed by atoms with E-state index in [4.69, 9.17) is 6.42 Å². The van der Waals surface area contributed by atoms with Gasteiger partial charge in [0, 0.05) is 12.6 Å². The Morgan fingerprint density at radius 3 is 2.33 bits per heavy atom. The first-order chi connectivity index (χ1) is 8.19. The Bertz CT molecular complexity index is 256. The number of rotatable bonds is 7. The SMILES string of the molecule is C#CCNC(=NCC(C)N(CC)CC)NCC.I. The Balaban J connectivity index is 0. The summed E-state index contributed by atoms with van der Waals surface area (Å²) in [4.78, 5) is 6.91. The predicted molar refractivity (Wildman–Crippen MR) is 90.6 cm³/mol. The van der Waals surface area contributed by atoms with E-state index >= 15 is 0 Å². The molecule has 0 aliphatic carbocycles. The lowest BCUT2D eigenvalue weighted by atomic mass is 10.3. The highest BCUT2D eigenvalue weighted by Gasteiger charge is 2.09. The Morgan fingerprint density at radius 1 is 1.28 bits per heavy atom. The van der Waals surface area contributed by atoms with Crippen LogP contribution in [-0.2, 0) is 0 Å². The van der Waals surface area contributed by atoms with Crippen LogP contribution >= 0.6 is 24.0 Å². The van der Waals surface area contributed by atoms with Crippen LogP contribution in [0.3, 0.4) is 0 Å². The predicted octanol–water partition coefficient (Wildman–Crippen LogP) is 1.52. The Kier molecular flexibility index (Phi) is 14.3. The number of halogens is 1. The van der Waals surface area contributed by atoms with E-state index in [0.29, 0.717) is 12.6 Å². The topological polar surface area (TPSA) is 39.7 Å². The number of hydrogen-bond donors (Lipinski definition) is 2. The van der Waals surface area contributed by atoms with Gasteiger partial charge in [-0.25, -0.2) is 0 Å². The molecule has 106 valence electrons. The molecule has 0 aliphatic rings. The molecule has 2 N–H and O–H groups in total. The number of guanidine groups is 1. The minimum absolute atomic E-state index is 0. The molecule has 1 atom stereocenters. The first-order valence-electron chi connectivity index (χ1n) is 6.39. The van der Waals surface area contributed by atoms with Crippen LogP contribution in [0.4, 0.5) is 0 Å². The number of terminal acetylenes is 1. The van der Waals surface area contributed by atoms with Crippen LogP contribution in [0.15, 0.2) is 4.99 Å². The van der Waals surface area contributed by atoms with E-state index in [0.717, 1.165) is 32.1 Å². The molecule has 5 heteroatoms. The summed E-state index contributed by atoms with van der Waals surface area (Å²) in [6, 6.07) is 0.450. The molecule has 0 aromatic rings. The lowest BCUT2D eigenvalue weighted by Gasteiger charge is -2.25. The zero-order chi connectivity index (χ0) is 13.1. The number of likely N-dealkylation sites (N-methyl/N-ethyl adjacent to an activating group) is 1. The smallest absolute Gasteiger partial charge is 0.192 e. The molecule has 4 nitrogen and oxygen atoms in total. The number of hydrogen-bond acceptors (Lipinski definition) is 2. The molecule has 0 rings (SSSR count). The molecule has 0 bridgehead atoms. The summed E-state index contributed by atoms with van der Waals surface area (Å²) in [5.41, 5.74) is 0. The van der Waals surface area contributed by atoms with Crippen LogP contribution in [-0.4, -0.2) is 49.6 Å². The molecular formula is C13H27IN4. The summed E-state index contributed by atoms with van der Waals surface area (Å²) in [5.74, 6) is 3.34. The van der Waals surface area contributed by atoms with Crippen LogP contribution in [0.25, 0.3) is 0 Å². The van der Waals surface area contributed by atoms with Crippen molar-refractivity contribution in [2.45, 2.75) is 33.7 Å². The maximum Gasteiger partial charge on any atom is 0.192 e. The van der Waals surface area contributed by atoms with E-state index in [1.54, 1.807) is 0 Å². The van der Waals surface area contributed by atoms with Crippen molar-refractivity contribution in [1.82, 2.24) is 15.5 Å². The van der Waals surface area contributed by atoms with Crippen molar-refractivity contribution in [3.63, 3.8) is 0 Å². The van der Waals surface area contributed by atoms with Gasteiger partial charge in [0.1, 0.15) is 0 Å². The molecule has 0 radical (unpaired) electrons. The van der Waals surface area contributed by atoms with Crippen LogP contribution in [0.2, 0.25) is 0 Å². The maximum absolute atomic E-state index is 5.22. The molecular weight excluding hydrogens is 339 g/mol. The van der Waals surface area contributed by atoms with E-state index in [1.165, 1.54) is 0 Å². The van der Waals surface area contributed by atoms with Crippen LogP contribution in [0.5, 0.6) is 0 Å². The fourth-order valence-corrected chi connectivity index (χ4v) is 1.66. The van der Waals surface area contributed by atoms with E-state index in [1.807, 2.05) is 6.92 Å². The zero-order valence-electron chi connectivity index (χ0n) is 12.0. The van der Waals surface area contributed by atoms with Gasteiger partial charge in [-0.2, -0.15) is 0 Å². The van der Waals surface area contributed by atoms with E-state index < -0.39 is 0 Å². The first kappa shape index (κ1) is 19.9. The molecule has 1 unspecified atom stereocenters. The number of aliphatic imine (C=N–C) groups is 1. The van der Waals surface area contributed by atoms with Crippen molar-refractivity contribution in [1.29, 1.82) is 0 Å². The summed E-state index contributed by atoms with van der Waals surface area (Å²) >= 11 is 0. The third-order valence-corrected chi connectivity index (χ3v) is 2.65. The van der Waals surface area contributed by atoms with Gasteiger partial charge in [0.15, 0.2) is 5.96 Å². The minimum atomic E-state index is 0. The van der Waals surface area contributed by atoms with Gasteiger partial charge in [-0.1, -0.05) is 19.8 Å². The van der Waals surface area contributed by atoms with Gasteiger partial charge >= 0.3 is 0 Å². The van der Waals surface area contributed by atoms with Crippen LogP contribution in [0.1, 0.15) is 27.7 Å². The van der Waals surface area contributed by atoms with Gasteiger partial charge in [-0.05, 0) is 26.9 Å². The average Bonchev–Trinajstić information content (AvgIpc) is 2.34. The molecule has 0 saturated heterocycles. The van der Waals surface area contributed by atoms with Gasteiger partial charge in [-0.3, -0.25) is 9.89 Å². The third kappa shape index (κ3) is 8.59. The van der Waals surface area contributed by atoms with E-state index in [-0.39, 0.29) is 24.0 Å². The van der Waals surface area contributed by atoms with Gasteiger partial charge in [0.25, 0.3) is 0 Å². The third-order valence-electron chi connectivity index (χ3n) is 2.65. The van der Waals surface area contributed by atoms with E-state index in [2.05, 4.69) is 47.2 Å². The summed E-state index contributed by atoms with van der Waals surface area (Å²) in [5, 5.41) is 6.26. The molecule has 0 fully saturated rings. The molecule has 0 aliphatic heterocycles. The molecule has 0 heterocycles. The summed E-state index contributed by atoms with van der Waals surface area (Å²) in [6.45, 7) is 12.8. The fraction of sp³-hybridized carbons (Fsp3) is 0.769. The second-order valence-electron chi connectivity index (χ2n) is 3.85. The van der Waals surface area contributed by atoms with Crippen molar-refractivity contribution < 1.29 is 0 Å². The van der Waals surface area contributed by atoms with Gasteiger partial charge in [0.2, 0.25) is 0 Å². The summed E-state index contributed by atoms with van der Waals surface area (Å²) in [7, 11) is 0. The molecule has 0 amide bonds. The number of nitrogens with one attached hydrogen (secondary N) is 2. The normalized spacial score (nSPS) is 12.6. The summed E-state index contributed by atoms with van der Waals surface area (Å²) < 4.78 is 0. The van der Waals surface area contributed by atoms with Crippen molar-refractivity contribution in [3.8, 4) is 12.3 Å². The first-order valence-corrected chi connectivity index (χ1v) is 6.39. The van der Waals surface area contributed by atoms with Crippen LogP contribution < -0.4 is 10.6 Å². The molecule has 0 spiro atoms. The quantitative estimate of drug-likeness (QED) is 0.311. The monoisotopic (exact) mass is 366 g/mol. The highest BCUT2D eigenvalue weighted by Crippen LogP contribution is 1.98. The molecule has 0 aromatic carbocycles. The average molecular weight is 366 g/mol. The highest BCUT2D eigenvalue weighted by atomic mass is 127. The van der Waals surface area contributed by atoms with Crippen molar-refractivity contribution >= 4 is 29.9 Å². The second kappa shape index (κ2) is 13.0. The second-order valence-corrected chi connectivity index (χ2v) is 3.85. The fourth-order valence-electron chi connectivity index (χ4n) is 1.66. The standard InChI is InChI=1S/C13H26N4.HI/c1-6-10-15-13(14-7-2)16-11-12(5)17(8-3)9-4;/h1,12H,7-11H2,2-5H3,(H2,14,15,16);1H. The lowest BCUT2D eigenvalue weighted by molar-refractivity contribution is 0.237. The number of nitrogens with zero attached hydrogens (tertiary/aromatic N) is 2. The van der Waals surface area contributed by atoms with Crippen LogP contribution in [0, 0.1) is 12.3 Å². The van der Waals surface area contributed by atoms with Gasteiger partial charge in [-0.15, -0.1) is 30.4 Å². The summed E-state index contributed by atoms with van der Waals surface area (Å²) in [6.07, 6.45) is 5.22. The van der Waals surface area contributed by atoms with Gasteiger partial charge in [0.05, 0.1) is 13.1 Å². The minimum Gasteiger partial charge on any atom is -0.357 e. The van der Waals surface area contributed by atoms with Crippen molar-refractivity contribution in [3.05, 3.63) is 0 Å².